The Morgan fingerprint density at radius 1 is 0.288 bits per heavy atom. The number of hydrogen-bond acceptors (Lipinski definition) is 3. The Bertz CT molecular complexity index is 3330. The molecule has 0 atom stereocenters. The lowest BCUT2D eigenvalue weighted by molar-refractivity contribution is 0.670. The van der Waals surface area contributed by atoms with E-state index in [0.29, 0.717) is 5.82 Å². The molecule has 0 fully saturated rings. The summed E-state index contributed by atoms with van der Waals surface area (Å²) in [6.45, 7) is 0. The first kappa shape index (κ1) is 33.3. The van der Waals surface area contributed by atoms with Crippen molar-refractivity contribution in [1.82, 2.24) is 9.97 Å². The van der Waals surface area contributed by atoms with Crippen LogP contribution in [0.5, 0.6) is 0 Å². The van der Waals surface area contributed by atoms with Gasteiger partial charge in [0.2, 0.25) is 0 Å². The number of nitrogens with zero attached hydrogens (tertiary/aromatic N) is 2. The maximum Gasteiger partial charge on any atom is 0.160 e. The monoisotopic (exact) mass is 750 g/mol. The van der Waals surface area contributed by atoms with Crippen molar-refractivity contribution in [3.63, 3.8) is 0 Å². The highest BCUT2D eigenvalue weighted by molar-refractivity contribution is 6.18. The van der Waals surface area contributed by atoms with Crippen LogP contribution in [0, 0.1) is 0 Å². The molecule has 3 nitrogen and oxygen atoms in total. The molecule has 1 aliphatic rings. The molecule has 0 amide bonds. The minimum Gasteiger partial charge on any atom is -0.455 e. The fraction of sp³-hybridized carbons (Fsp3) is 0. The molecule has 0 bridgehead atoms. The van der Waals surface area contributed by atoms with Crippen molar-refractivity contribution in [2.45, 2.75) is 0 Å². The fourth-order valence-corrected chi connectivity index (χ4v) is 9.04. The van der Waals surface area contributed by atoms with Gasteiger partial charge in [0, 0.05) is 33.0 Å². The number of fused-ring (bicyclic) bond motifs is 6. The molecule has 3 heteroatoms. The largest absolute Gasteiger partial charge is 0.455 e. The lowest BCUT2D eigenvalue weighted by Gasteiger charge is -2.14. The van der Waals surface area contributed by atoms with Gasteiger partial charge in [-0.15, -0.1) is 0 Å². The van der Waals surface area contributed by atoms with Crippen molar-refractivity contribution < 1.29 is 4.42 Å². The third kappa shape index (κ3) is 5.51. The first-order chi connectivity index (χ1) is 29.2. The first-order valence-electron chi connectivity index (χ1n) is 20.1. The normalized spacial score (nSPS) is 11.7. The Labute approximate surface area is 341 Å². The summed E-state index contributed by atoms with van der Waals surface area (Å²) in [6, 6.07) is 73.3. The minimum absolute atomic E-state index is 0.686. The molecule has 9 aromatic carbocycles. The van der Waals surface area contributed by atoms with E-state index in [0.717, 1.165) is 72.3 Å². The summed E-state index contributed by atoms with van der Waals surface area (Å²) in [4.78, 5) is 10.3. The van der Waals surface area contributed by atoms with Crippen LogP contribution in [0.2, 0.25) is 0 Å². The van der Waals surface area contributed by atoms with Crippen LogP contribution in [0.1, 0.15) is 0 Å². The number of benzene rings is 9. The maximum absolute atomic E-state index is 6.60. The molecular weight excluding hydrogens is 717 g/mol. The van der Waals surface area contributed by atoms with E-state index in [1.54, 1.807) is 0 Å². The van der Waals surface area contributed by atoms with E-state index in [-0.39, 0.29) is 0 Å². The molecule has 11 aromatic rings. The van der Waals surface area contributed by atoms with Crippen LogP contribution in [0.4, 0.5) is 0 Å². The van der Waals surface area contributed by atoms with Crippen LogP contribution in [0.15, 0.2) is 211 Å². The van der Waals surface area contributed by atoms with E-state index in [1.165, 1.54) is 44.2 Å². The van der Waals surface area contributed by atoms with Gasteiger partial charge in [-0.3, -0.25) is 0 Å². The Balaban J connectivity index is 1.03. The molecule has 274 valence electrons. The zero-order valence-electron chi connectivity index (χ0n) is 31.9. The number of hydrogen-bond donors (Lipinski definition) is 0. The van der Waals surface area contributed by atoms with Crippen molar-refractivity contribution in [3.05, 3.63) is 206 Å². The number of furan rings is 1. The van der Waals surface area contributed by atoms with Gasteiger partial charge in [0.25, 0.3) is 0 Å². The lowest BCUT2D eigenvalue weighted by atomic mass is 9.91. The molecule has 0 unspecified atom stereocenters. The molecule has 0 aliphatic heterocycles. The SMILES string of the molecule is c1ccc(-c2cc(-c3cc(-c4ccc(-c5ccc6c7c(cccc57)-c5ccccc5-6)cc4)cc(-c4cccc5c4oc4ccccc45)c3)nc(-c3ccccc3)n2)cc1. The van der Waals surface area contributed by atoms with Crippen molar-refractivity contribution in [1.29, 1.82) is 0 Å². The van der Waals surface area contributed by atoms with Gasteiger partial charge in [-0.2, -0.15) is 0 Å². The molecule has 2 heterocycles. The van der Waals surface area contributed by atoms with Gasteiger partial charge in [-0.05, 0) is 91.2 Å². The minimum atomic E-state index is 0.686. The van der Waals surface area contributed by atoms with Crippen LogP contribution in [-0.4, -0.2) is 9.97 Å². The van der Waals surface area contributed by atoms with E-state index in [4.69, 9.17) is 14.4 Å². The topological polar surface area (TPSA) is 38.9 Å². The zero-order chi connectivity index (χ0) is 38.9. The molecule has 59 heavy (non-hydrogen) atoms. The number of rotatable bonds is 6. The predicted octanol–water partition coefficient (Wildman–Crippen LogP) is 15.2. The van der Waals surface area contributed by atoms with Crippen LogP contribution in [0.3, 0.4) is 0 Å². The van der Waals surface area contributed by atoms with E-state index < -0.39 is 0 Å². The zero-order valence-corrected chi connectivity index (χ0v) is 31.9. The van der Waals surface area contributed by atoms with Crippen molar-refractivity contribution in [2.75, 3.05) is 0 Å². The number of para-hydroxylation sites is 2. The third-order valence-corrected chi connectivity index (χ3v) is 11.8. The third-order valence-electron chi connectivity index (χ3n) is 11.8. The molecule has 0 saturated carbocycles. The molecule has 0 spiro atoms. The van der Waals surface area contributed by atoms with Crippen LogP contribution < -0.4 is 0 Å². The van der Waals surface area contributed by atoms with Gasteiger partial charge in [0.15, 0.2) is 5.82 Å². The highest BCUT2D eigenvalue weighted by Crippen LogP contribution is 2.49. The Hall–Kier alpha value is -7.88. The Kier molecular flexibility index (Phi) is 7.54. The van der Waals surface area contributed by atoms with E-state index in [2.05, 4.69) is 170 Å². The second-order valence-corrected chi connectivity index (χ2v) is 15.3. The van der Waals surface area contributed by atoms with Crippen molar-refractivity contribution in [3.8, 4) is 89.5 Å². The summed E-state index contributed by atoms with van der Waals surface area (Å²) in [5.41, 5.74) is 18.5. The summed E-state index contributed by atoms with van der Waals surface area (Å²) in [7, 11) is 0. The summed E-state index contributed by atoms with van der Waals surface area (Å²) in [6.07, 6.45) is 0. The van der Waals surface area contributed by atoms with Gasteiger partial charge in [-0.25, -0.2) is 9.97 Å². The Morgan fingerprint density at radius 2 is 0.831 bits per heavy atom. The van der Waals surface area contributed by atoms with Gasteiger partial charge >= 0.3 is 0 Å². The second kappa shape index (κ2) is 13.4. The summed E-state index contributed by atoms with van der Waals surface area (Å²) < 4.78 is 6.60. The smallest absolute Gasteiger partial charge is 0.160 e. The van der Waals surface area contributed by atoms with Gasteiger partial charge in [-0.1, -0.05) is 176 Å². The highest BCUT2D eigenvalue weighted by atomic mass is 16.3. The summed E-state index contributed by atoms with van der Waals surface area (Å²) >= 11 is 0. The quantitative estimate of drug-likeness (QED) is 0.170. The molecular formula is C56H34N2O. The number of aromatic nitrogens is 2. The summed E-state index contributed by atoms with van der Waals surface area (Å²) in [5.74, 6) is 0.686. The van der Waals surface area contributed by atoms with Gasteiger partial charge < -0.3 is 4.42 Å². The second-order valence-electron chi connectivity index (χ2n) is 15.3. The van der Waals surface area contributed by atoms with Crippen LogP contribution >= 0.6 is 0 Å². The average molecular weight is 751 g/mol. The van der Waals surface area contributed by atoms with Crippen molar-refractivity contribution >= 4 is 32.7 Å². The maximum atomic E-state index is 6.60. The van der Waals surface area contributed by atoms with E-state index >= 15 is 0 Å². The van der Waals surface area contributed by atoms with Crippen molar-refractivity contribution in [2.24, 2.45) is 0 Å². The molecule has 0 saturated heterocycles. The van der Waals surface area contributed by atoms with E-state index in [1.807, 2.05) is 36.4 Å². The highest BCUT2D eigenvalue weighted by Gasteiger charge is 2.22. The van der Waals surface area contributed by atoms with Crippen LogP contribution in [-0.2, 0) is 0 Å². The standard InChI is InChI=1S/C56H34N2O/c1-3-13-37(14-4-1)51-34-52(58-56(57-51)38-15-5-2-6-16-38)41-32-39(31-40(33-41)43-20-11-23-50-46-19-9-10-24-53(46)59-55(43)50)35-25-27-36(28-26-35)42-29-30-49-45-18-8-7-17-44(45)48-22-12-21-47(42)54(48)49/h1-34H. The molecule has 0 radical (unpaired) electrons. The predicted molar refractivity (Wildman–Crippen MR) is 244 cm³/mol. The van der Waals surface area contributed by atoms with Crippen LogP contribution in [0.25, 0.3) is 122 Å². The molecule has 12 rings (SSSR count). The first-order valence-corrected chi connectivity index (χ1v) is 20.1. The molecule has 0 N–H and O–H groups in total. The Morgan fingerprint density at radius 3 is 1.61 bits per heavy atom. The fourth-order valence-electron chi connectivity index (χ4n) is 9.04. The molecule has 2 aromatic heterocycles. The van der Waals surface area contributed by atoms with Gasteiger partial charge in [0.05, 0.1) is 11.4 Å². The van der Waals surface area contributed by atoms with Gasteiger partial charge in [0.1, 0.15) is 11.2 Å². The van der Waals surface area contributed by atoms with E-state index in [9.17, 15) is 0 Å². The lowest BCUT2D eigenvalue weighted by Crippen LogP contribution is -1.96. The average Bonchev–Trinajstić information content (AvgIpc) is 3.86. The molecule has 1 aliphatic carbocycles. The summed E-state index contributed by atoms with van der Waals surface area (Å²) in [5, 5.41) is 4.82.